The van der Waals surface area contributed by atoms with Crippen LogP contribution in [0.15, 0.2) is 18.2 Å². The van der Waals surface area contributed by atoms with E-state index in [2.05, 4.69) is 44.4 Å². The van der Waals surface area contributed by atoms with E-state index in [1.54, 1.807) is 0 Å². The lowest BCUT2D eigenvalue weighted by atomic mass is 9.72. The summed E-state index contributed by atoms with van der Waals surface area (Å²) in [6.07, 6.45) is 8.43. The lowest BCUT2D eigenvalue weighted by Gasteiger charge is -2.54. The number of quaternary nitrogens is 1. The third kappa shape index (κ3) is 2.80. The van der Waals surface area contributed by atoms with Gasteiger partial charge in [-0.2, -0.15) is 0 Å². The fourth-order valence-corrected chi connectivity index (χ4v) is 4.58. The van der Waals surface area contributed by atoms with Crippen molar-refractivity contribution in [1.82, 2.24) is 0 Å². The summed E-state index contributed by atoms with van der Waals surface area (Å²) in [4.78, 5) is 13.3. The van der Waals surface area contributed by atoms with Crippen molar-refractivity contribution in [2.45, 2.75) is 64.3 Å². The van der Waals surface area contributed by atoms with Gasteiger partial charge in [-0.25, -0.2) is 0 Å². The molecule has 1 saturated carbocycles. The van der Waals surface area contributed by atoms with Gasteiger partial charge < -0.3 is 9.80 Å². The van der Waals surface area contributed by atoms with Crippen molar-refractivity contribution in [3.05, 3.63) is 29.3 Å². The fraction of sp³-hybridized carbons (Fsp3) is 0.650. The molecule has 1 aliphatic carbocycles. The van der Waals surface area contributed by atoms with Crippen LogP contribution in [0.2, 0.25) is 0 Å². The first kappa shape index (κ1) is 16.5. The molecule has 1 saturated heterocycles. The fourth-order valence-electron chi connectivity index (χ4n) is 4.58. The van der Waals surface area contributed by atoms with Crippen LogP contribution in [0, 0.1) is 13.8 Å². The Hall–Kier alpha value is -1.35. The Bertz CT molecular complexity index is 561. The summed E-state index contributed by atoms with van der Waals surface area (Å²) in [6.45, 7) is 6.47. The molecule has 0 spiro atoms. The van der Waals surface area contributed by atoms with Crippen molar-refractivity contribution < 1.29 is 9.28 Å². The van der Waals surface area contributed by atoms with Gasteiger partial charge in [-0.15, -0.1) is 0 Å². The number of hydrogen-bond acceptors (Lipinski definition) is 1. The number of nitrogens with zero attached hydrogens (tertiary/aromatic N) is 1. The Morgan fingerprint density at radius 1 is 1.00 bits per heavy atom. The van der Waals surface area contributed by atoms with Crippen molar-refractivity contribution in [3.63, 3.8) is 0 Å². The second-order valence-corrected chi connectivity index (χ2v) is 7.86. The first-order valence-corrected chi connectivity index (χ1v) is 9.21. The van der Waals surface area contributed by atoms with Gasteiger partial charge in [0.2, 0.25) is 0 Å². The number of carbonyl (C=O) groups is 1. The van der Waals surface area contributed by atoms with E-state index in [0.717, 1.165) is 47.2 Å². The van der Waals surface area contributed by atoms with Crippen molar-refractivity contribution in [2.75, 3.05) is 25.5 Å². The summed E-state index contributed by atoms with van der Waals surface area (Å²) in [7, 11) is 2.33. The average Bonchev–Trinajstić information content (AvgIpc) is 2.67. The van der Waals surface area contributed by atoms with E-state index in [9.17, 15) is 4.79 Å². The van der Waals surface area contributed by atoms with Crippen LogP contribution >= 0.6 is 0 Å². The summed E-state index contributed by atoms with van der Waals surface area (Å²) in [6, 6.07) is 6.22. The van der Waals surface area contributed by atoms with Crippen LogP contribution in [-0.2, 0) is 4.79 Å². The zero-order valence-electron chi connectivity index (χ0n) is 15.0. The lowest BCUT2D eigenvalue weighted by molar-refractivity contribution is -0.954. The molecule has 23 heavy (non-hydrogen) atoms. The Morgan fingerprint density at radius 3 is 2.04 bits per heavy atom. The van der Waals surface area contributed by atoms with Crippen molar-refractivity contribution >= 4 is 11.6 Å². The normalized spacial score (nSPS) is 22.7. The topological polar surface area (TPSA) is 29.1 Å². The minimum absolute atomic E-state index is 0.195. The number of carbonyl (C=O) groups excluding carboxylic acids is 1. The number of nitrogens with one attached hydrogen (secondary N) is 1. The third-order valence-corrected chi connectivity index (χ3v) is 6.41. The zero-order chi connectivity index (χ0) is 16.5. The van der Waals surface area contributed by atoms with E-state index in [-0.39, 0.29) is 11.4 Å². The minimum atomic E-state index is -0.195. The molecule has 1 heterocycles. The van der Waals surface area contributed by atoms with Crippen LogP contribution in [0.3, 0.4) is 0 Å². The van der Waals surface area contributed by atoms with Crippen LogP contribution < -0.4 is 5.32 Å². The van der Waals surface area contributed by atoms with E-state index in [1.165, 1.54) is 32.1 Å². The lowest BCUT2D eigenvalue weighted by Crippen LogP contribution is -2.71. The Labute approximate surface area is 140 Å². The first-order chi connectivity index (χ1) is 11.0. The average molecular weight is 315 g/mol. The Morgan fingerprint density at radius 2 is 1.57 bits per heavy atom. The van der Waals surface area contributed by atoms with Gasteiger partial charge in [0, 0.05) is 18.5 Å². The standard InChI is InChI=1S/C20H30N2O/c1-16-10-8-11-17(2)18(16)21-19(23)20(12-9-13-20)22(3)14-6-4-5-7-15-22/h8,10-11H,4-7,9,12-15H2,1-3H3/p+1. The highest BCUT2D eigenvalue weighted by Gasteiger charge is 2.58. The molecule has 0 atom stereocenters. The highest BCUT2D eigenvalue weighted by atomic mass is 16.2. The number of amides is 1. The molecule has 3 rings (SSSR count). The summed E-state index contributed by atoms with van der Waals surface area (Å²) in [5.41, 5.74) is 3.14. The second-order valence-electron chi connectivity index (χ2n) is 7.86. The summed E-state index contributed by atoms with van der Waals surface area (Å²) in [5.74, 6) is 0.255. The zero-order valence-corrected chi connectivity index (χ0v) is 15.0. The molecule has 0 bridgehead atoms. The number of likely N-dealkylation sites (tertiary alicyclic amines) is 1. The van der Waals surface area contributed by atoms with Crippen LogP contribution in [0.25, 0.3) is 0 Å². The maximum absolute atomic E-state index is 13.3. The predicted octanol–water partition coefficient (Wildman–Crippen LogP) is 4.19. The van der Waals surface area contributed by atoms with Gasteiger partial charge in [-0.3, -0.25) is 4.79 Å². The van der Waals surface area contributed by atoms with Gasteiger partial charge in [-0.05, 0) is 57.1 Å². The number of rotatable bonds is 3. The number of para-hydroxylation sites is 1. The molecule has 3 heteroatoms. The van der Waals surface area contributed by atoms with Crippen LogP contribution in [-0.4, -0.2) is 36.1 Å². The summed E-state index contributed by atoms with van der Waals surface area (Å²) >= 11 is 0. The van der Waals surface area contributed by atoms with E-state index in [1.807, 2.05) is 0 Å². The van der Waals surface area contributed by atoms with Gasteiger partial charge in [0.05, 0.1) is 20.1 Å². The Balaban J connectivity index is 1.86. The Kier molecular flexibility index (Phi) is 4.50. The van der Waals surface area contributed by atoms with Gasteiger partial charge in [0.1, 0.15) is 0 Å². The van der Waals surface area contributed by atoms with Gasteiger partial charge in [0.15, 0.2) is 5.54 Å². The first-order valence-electron chi connectivity index (χ1n) is 9.21. The molecule has 3 nitrogen and oxygen atoms in total. The van der Waals surface area contributed by atoms with Crippen LogP contribution in [0.1, 0.15) is 56.1 Å². The maximum atomic E-state index is 13.3. The second kappa shape index (κ2) is 6.27. The van der Waals surface area contributed by atoms with Gasteiger partial charge >= 0.3 is 0 Å². The van der Waals surface area contributed by atoms with E-state index < -0.39 is 0 Å². The molecule has 0 unspecified atom stereocenters. The molecule has 2 aliphatic rings. The monoisotopic (exact) mass is 315 g/mol. The summed E-state index contributed by atoms with van der Waals surface area (Å²) < 4.78 is 0.948. The van der Waals surface area contributed by atoms with Gasteiger partial charge in [-0.1, -0.05) is 18.2 Å². The largest absolute Gasteiger partial charge is 0.320 e. The highest BCUT2D eigenvalue weighted by molar-refractivity contribution is 5.99. The predicted molar refractivity (Wildman–Crippen MR) is 95.5 cm³/mol. The molecule has 1 aromatic rings. The number of anilines is 1. The van der Waals surface area contributed by atoms with Crippen molar-refractivity contribution in [2.24, 2.45) is 0 Å². The third-order valence-electron chi connectivity index (χ3n) is 6.41. The molecule has 1 N–H and O–H groups in total. The van der Waals surface area contributed by atoms with Gasteiger partial charge in [0.25, 0.3) is 5.91 Å². The molecule has 126 valence electrons. The van der Waals surface area contributed by atoms with Crippen molar-refractivity contribution in [1.29, 1.82) is 0 Å². The SMILES string of the molecule is Cc1cccc(C)c1NC(=O)C1([N+]2(C)CCCCCC2)CCC1. The number of likely N-dealkylation sites (N-methyl/N-ethyl adjacent to an activating group) is 1. The smallest absolute Gasteiger partial charge is 0.285 e. The minimum Gasteiger partial charge on any atom is -0.320 e. The van der Waals surface area contributed by atoms with Crippen molar-refractivity contribution in [3.8, 4) is 0 Å². The summed E-state index contributed by atoms with van der Waals surface area (Å²) in [5, 5.41) is 3.31. The number of aryl methyl sites for hydroxylation is 2. The van der Waals surface area contributed by atoms with Crippen LogP contribution in [0.5, 0.6) is 0 Å². The molecule has 0 radical (unpaired) electrons. The molecule has 0 aromatic heterocycles. The molecule has 2 fully saturated rings. The molecule has 1 aromatic carbocycles. The number of benzene rings is 1. The maximum Gasteiger partial charge on any atom is 0.285 e. The van der Waals surface area contributed by atoms with E-state index >= 15 is 0 Å². The molecule has 1 aliphatic heterocycles. The molecule has 1 amide bonds. The molecular formula is C20H31N2O+. The van der Waals surface area contributed by atoms with Crippen LogP contribution in [0.4, 0.5) is 5.69 Å². The quantitative estimate of drug-likeness (QED) is 0.833. The molecular weight excluding hydrogens is 284 g/mol. The number of hydrogen-bond donors (Lipinski definition) is 1. The van der Waals surface area contributed by atoms with E-state index in [0.29, 0.717) is 0 Å². The highest BCUT2D eigenvalue weighted by Crippen LogP contribution is 2.44. The van der Waals surface area contributed by atoms with E-state index in [4.69, 9.17) is 0 Å².